The van der Waals surface area contributed by atoms with Gasteiger partial charge >= 0.3 is 0 Å². The van der Waals surface area contributed by atoms with Gasteiger partial charge in [-0.25, -0.2) is 0 Å². The highest BCUT2D eigenvalue weighted by atomic mass is 32.2. The number of hydrogen-bond acceptors (Lipinski definition) is 17. The Kier molecular flexibility index (Phi) is 11.3. The van der Waals surface area contributed by atoms with E-state index in [9.17, 15) is 54.2 Å². The molecule has 0 amide bonds. The molecule has 24 heteroatoms. The van der Waals surface area contributed by atoms with Crippen molar-refractivity contribution in [3.05, 3.63) is 132 Å². The number of aryl methyl sites for hydroxylation is 1. The second kappa shape index (κ2) is 17.0. The topological polar surface area (TPSA) is 329 Å². The first-order valence-corrected chi connectivity index (χ1v) is 23.9. The van der Waals surface area contributed by atoms with E-state index in [1.807, 2.05) is 0 Å². The molecule has 8 aromatic carbocycles. The molecule has 0 saturated heterocycles. The molecule has 342 valence electrons. The number of hydrogen-bond donors (Lipinski definition) is 6. The minimum atomic E-state index is -4.93. The van der Waals surface area contributed by atoms with Gasteiger partial charge in [0.25, 0.3) is 30.4 Å². The molecule has 0 radical (unpaired) electrons. The lowest BCUT2D eigenvalue weighted by Gasteiger charge is -2.07. The Morgan fingerprint density at radius 3 is 1.91 bits per heavy atom. The predicted octanol–water partition coefficient (Wildman–Crippen LogP) is 10.1. The predicted molar refractivity (Wildman–Crippen MR) is 247 cm³/mol. The molecule has 0 spiro atoms. The van der Waals surface area contributed by atoms with Crippen molar-refractivity contribution in [1.29, 1.82) is 0 Å². The van der Waals surface area contributed by atoms with Gasteiger partial charge in [0.05, 0.1) is 39.9 Å². The number of aliphatic hydroxyl groups is 1. The van der Waals surface area contributed by atoms with Crippen LogP contribution in [0.15, 0.2) is 167 Å². The number of aromatic nitrogens is 3. The number of aliphatic hydroxyl groups excluding tert-OH is 1. The zero-order chi connectivity index (χ0) is 48.3. The maximum atomic E-state index is 12.2. The number of azo groups is 3. The third kappa shape index (κ3) is 8.85. The third-order valence-corrected chi connectivity index (χ3v) is 13.3. The van der Waals surface area contributed by atoms with E-state index < -0.39 is 46.8 Å². The molecule has 0 unspecified atom stereocenters. The lowest BCUT2D eigenvalue weighted by Crippen LogP contribution is -2.04. The molecule has 0 aliphatic heterocycles. The average Bonchev–Trinajstić information content (AvgIpc) is 3.74. The van der Waals surface area contributed by atoms with Gasteiger partial charge in [0.15, 0.2) is 5.75 Å². The molecule has 6 N–H and O–H groups in total. The number of benzene rings is 8. The number of phenols is 2. The van der Waals surface area contributed by atoms with E-state index >= 15 is 0 Å². The van der Waals surface area contributed by atoms with Gasteiger partial charge in [-0.1, -0.05) is 30.3 Å². The molecule has 9 aromatic rings. The third-order valence-electron chi connectivity index (χ3n) is 10.6. The van der Waals surface area contributed by atoms with Gasteiger partial charge in [-0.2, -0.15) is 50.5 Å². The molecule has 1 heterocycles. The quantitative estimate of drug-likeness (QED) is 0.0519. The first-order chi connectivity index (χ1) is 32.2. The summed E-state index contributed by atoms with van der Waals surface area (Å²) in [5, 5.41) is 67.9. The van der Waals surface area contributed by atoms with Crippen molar-refractivity contribution < 1.29 is 54.2 Å². The molecule has 0 bridgehead atoms. The SMILES string of the molecule is Cc1cc(N=Nc2cc(O)c(N=Nc3ccc4cc(-n5nc6ccc7c(S(=O)(=O)O)cc(S(=O)(=O)O)cc7c6n5)ccc4c3O)cc2CO)ccc1N=Nc1ccc2cccc(S(=O)(=O)O)c2c1. The van der Waals surface area contributed by atoms with Crippen LogP contribution in [0, 0.1) is 6.92 Å². The van der Waals surface area contributed by atoms with E-state index in [1.54, 1.807) is 67.6 Å². The fourth-order valence-electron chi connectivity index (χ4n) is 7.30. The van der Waals surface area contributed by atoms with Crippen molar-refractivity contribution in [1.82, 2.24) is 15.0 Å². The van der Waals surface area contributed by atoms with Crippen LogP contribution in [0.4, 0.5) is 34.1 Å². The Hall–Kier alpha value is -7.97. The van der Waals surface area contributed by atoms with Gasteiger partial charge in [0, 0.05) is 33.2 Å². The summed E-state index contributed by atoms with van der Waals surface area (Å²) >= 11 is 0. The number of fused-ring (bicyclic) bond motifs is 5. The van der Waals surface area contributed by atoms with Crippen LogP contribution < -0.4 is 0 Å². The number of aromatic hydroxyl groups is 2. The molecule has 9 rings (SSSR count). The van der Waals surface area contributed by atoms with Crippen LogP contribution >= 0.6 is 0 Å². The molecule has 0 fully saturated rings. The summed E-state index contributed by atoms with van der Waals surface area (Å²) in [6.07, 6.45) is 0. The summed E-state index contributed by atoms with van der Waals surface area (Å²) in [5.41, 5.74) is 2.93. The second-order valence-corrected chi connectivity index (χ2v) is 19.3. The summed E-state index contributed by atoms with van der Waals surface area (Å²) in [7, 11) is -14.3. The molecule has 0 aliphatic carbocycles. The first kappa shape index (κ1) is 45.2. The number of rotatable bonds is 11. The van der Waals surface area contributed by atoms with E-state index in [-0.39, 0.29) is 60.8 Å². The maximum Gasteiger partial charge on any atom is 0.295 e. The van der Waals surface area contributed by atoms with Gasteiger partial charge in [0.1, 0.15) is 37.9 Å². The molecule has 0 atom stereocenters. The van der Waals surface area contributed by atoms with Crippen molar-refractivity contribution in [3.63, 3.8) is 0 Å². The summed E-state index contributed by atoms with van der Waals surface area (Å²) in [6.45, 7) is 1.26. The molecule has 0 aliphatic rings. The molecule has 21 nitrogen and oxygen atoms in total. The van der Waals surface area contributed by atoms with E-state index in [0.29, 0.717) is 55.9 Å². The van der Waals surface area contributed by atoms with Crippen LogP contribution in [-0.4, -0.2) is 69.2 Å². The molecule has 1 aromatic heterocycles. The zero-order valence-corrected chi connectivity index (χ0v) is 37.1. The van der Waals surface area contributed by atoms with Crippen LogP contribution in [0.1, 0.15) is 11.1 Å². The van der Waals surface area contributed by atoms with E-state index in [1.165, 1.54) is 53.3 Å². The largest absolute Gasteiger partial charge is 0.506 e. The normalized spacial score (nSPS) is 12.8. The van der Waals surface area contributed by atoms with Crippen LogP contribution in [0.2, 0.25) is 0 Å². The second-order valence-electron chi connectivity index (χ2n) is 15.1. The van der Waals surface area contributed by atoms with Crippen LogP contribution in [0.25, 0.3) is 49.0 Å². The summed E-state index contributed by atoms with van der Waals surface area (Å²) < 4.78 is 101. The maximum absolute atomic E-state index is 12.2. The molecular formula is C44H31N9O12S3. The Labute approximate surface area is 384 Å². The molecule has 0 saturated carbocycles. The van der Waals surface area contributed by atoms with E-state index in [0.717, 1.165) is 6.07 Å². The Bertz CT molecular complexity index is 4050. The monoisotopic (exact) mass is 973 g/mol. The highest BCUT2D eigenvalue weighted by molar-refractivity contribution is 7.87. The standard InChI is InChI=1S/C44H31N9O12S3/c1-23-15-27(8-13-35(23)47-46-28-7-5-24-3-2-4-41(33(24)18-28)67(60,61)62)45-49-38-21-40(55)39(17-26(38)22-54)50-48-37-12-6-25-16-29(9-10-31(25)44(37)56)53-51-36-14-11-32-34(43(36)52-53)19-30(66(57,58)59)20-42(32)68(63,64)65/h2-21,54-56H,22H2,1H3,(H,57,58,59)(H,60,61,62)(H,63,64,65). The Morgan fingerprint density at radius 2 is 1.19 bits per heavy atom. The summed E-state index contributed by atoms with van der Waals surface area (Å²) in [4.78, 5) is -0.579. The van der Waals surface area contributed by atoms with Crippen molar-refractivity contribution in [3.8, 4) is 17.2 Å². The van der Waals surface area contributed by atoms with Crippen molar-refractivity contribution in [2.75, 3.05) is 0 Å². The first-order valence-electron chi connectivity index (χ1n) is 19.6. The number of phenolic OH excluding ortho intramolecular Hbond substituents is 2. The van der Waals surface area contributed by atoms with E-state index in [2.05, 4.69) is 40.9 Å². The fourth-order valence-corrected chi connectivity index (χ4v) is 9.34. The fraction of sp³-hybridized carbons (Fsp3) is 0.0455. The van der Waals surface area contributed by atoms with Gasteiger partial charge in [0.2, 0.25) is 0 Å². The van der Waals surface area contributed by atoms with Crippen molar-refractivity contribution >= 4 is 108 Å². The zero-order valence-electron chi connectivity index (χ0n) is 34.6. The Morgan fingerprint density at radius 1 is 0.529 bits per heavy atom. The van der Waals surface area contributed by atoms with Gasteiger partial charge in [-0.3, -0.25) is 13.7 Å². The van der Waals surface area contributed by atoms with Crippen LogP contribution in [0.3, 0.4) is 0 Å². The average molecular weight is 974 g/mol. The van der Waals surface area contributed by atoms with Gasteiger partial charge in [-0.15, -0.1) is 20.4 Å². The van der Waals surface area contributed by atoms with Gasteiger partial charge in [-0.05, 0) is 108 Å². The lowest BCUT2D eigenvalue weighted by molar-refractivity contribution is 0.282. The summed E-state index contributed by atoms with van der Waals surface area (Å²) in [5.74, 6) is -0.625. The summed E-state index contributed by atoms with van der Waals surface area (Å²) in [6, 6.07) is 29.1. The van der Waals surface area contributed by atoms with Crippen molar-refractivity contribution in [2.45, 2.75) is 28.2 Å². The van der Waals surface area contributed by atoms with E-state index in [4.69, 9.17) is 0 Å². The minimum Gasteiger partial charge on any atom is -0.506 e. The van der Waals surface area contributed by atoms with Crippen LogP contribution in [0.5, 0.6) is 11.5 Å². The smallest absolute Gasteiger partial charge is 0.295 e. The molecule has 68 heavy (non-hydrogen) atoms. The van der Waals surface area contributed by atoms with Gasteiger partial charge < -0.3 is 15.3 Å². The highest BCUT2D eigenvalue weighted by Crippen LogP contribution is 2.40. The molecular weight excluding hydrogens is 943 g/mol. The van der Waals surface area contributed by atoms with Crippen molar-refractivity contribution in [2.24, 2.45) is 30.7 Å². The minimum absolute atomic E-state index is 0.0240. The highest BCUT2D eigenvalue weighted by Gasteiger charge is 2.23. The van der Waals surface area contributed by atoms with Crippen LogP contribution in [-0.2, 0) is 37.0 Å². The Balaban J connectivity index is 0.932. The number of nitrogens with zero attached hydrogens (tertiary/aromatic N) is 9. The lowest BCUT2D eigenvalue weighted by atomic mass is 10.1.